The molecule has 0 amide bonds. The van der Waals surface area contributed by atoms with Crippen LogP contribution in [0.5, 0.6) is 11.5 Å². The molecule has 0 bridgehead atoms. The van der Waals surface area contributed by atoms with Crippen LogP contribution in [0, 0.1) is 5.82 Å². The minimum Gasteiger partial charge on any atom is -0.454 e. The van der Waals surface area contributed by atoms with Crippen molar-refractivity contribution in [3.63, 3.8) is 0 Å². The summed E-state index contributed by atoms with van der Waals surface area (Å²) in [5.74, 6) is 2.52. The minimum atomic E-state index is -0.296. The normalized spacial score (nSPS) is 15.5. The summed E-state index contributed by atoms with van der Waals surface area (Å²) in [4.78, 5) is 2.14. The molecule has 0 unspecified atom stereocenters. The average molecular weight is 456 g/mol. The number of ether oxygens (including phenoxy) is 3. The lowest BCUT2D eigenvalue weighted by molar-refractivity contribution is 0.173. The topological polar surface area (TPSA) is 66.6 Å². The highest BCUT2D eigenvalue weighted by Gasteiger charge is 2.34. The van der Waals surface area contributed by atoms with Crippen molar-refractivity contribution in [1.82, 2.24) is 19.3 Å². The second-order valence-electron chi connectivity index (χ2n) is 7.83. The first-order valence-corrected chi connectivity index (χ1v) is 10.5. The van der Waals surface area contributed by atoms with Gasteiger partial charge in [-0.2, -0.15) is 0 Å². The fraction of sp³-hybridized carbons (Fsp3) is 0.273. The third-order valence-corrected chi connectivity index (χ3v) is 6.19. The molecule has 0 aliphatic carbocycles. The standard InChI is InChI=1S/C22H19ClFN5O3/c1-30-11-21-25-26-22(29(21)14-3-5-19-20(7-14)32-12-31-19)27-8-15(9-27)28-10-17(23)16-6-13(24)2-4-18(16)28/h2-7,10,15H,8-9,11-12H2,1H3. The van der Waals surface area contributed by atoms with Crippen LogP contribution in [0.25, 0.3) is 16.6 Å². The third-order valence-electron chi connectivity index (χ3n) is 5.89. The quantitative estimate of drug-likeness (QED) is 0.454. The highest BCUT2D eigenvalue weighted by molar-refractivity contribution is 6.35. The van der Waals surface area contributed by atoms with Crippen molar-refractivity contribution >= 4 is 28.5 Å². The van der Waals surface area contributed by atoms with Crippen LogP contribution in [0.4, 0.5) is 10.3 Å². The first-order chi connectivity index (χ1) is 15.6. The van der Waals surface area contributed by atoms with Gasteiger partial charge in [-0.05, 0) is 30.3 Å². The smallest absolute Gasteiger partial charge is 0.232 e. The second-order valence-corrected chi connectivity index (χ2v) is 8.23. The number of halogens is 2. The largest absolute Gasteiger partial charge is 0.454 e. The molecule has 2 aromatic carbocycles. The molecule has 2 aromatic heterocycles. The van der Waals surface area contributed by atoms with E-state index in [9.17, 15) is 4.39 Å². The Hall–Kier alpha value is -3.30. The molecule has 2 aliphatic rings. The van der Waals surface area contributed by atoms with E-state index in [1.807, 2.05) is 29.0 Å². The fourth-order valence-electron chi connectivity index (χ4n) is 4.31. The zero-order chi connectivity index (χ0) is 21.8. The van der Waals surface area contributed by atoms with E-state index in [-0.39, 0.29) is 18.7 Å². The summed E-state index contributed by atoms with van der Waals surface area (Å²) >= 11 is 6.35. The van der Waals surface area contributed by atoms with Crippen LogP contribution < -0.4 is 14.4 Å². The number of nitrogens with zero attached hydrogens (tertiary/aromatic N) is 5. The molecule has 4 aromatic rings. The molecule has 32 heavy (non-hydrogen) atoms. The molecule has 8 nitrogen and oxygen atoms in total. The molecule has 1 fully saturated rings. The van der Waals surface area contributed by atoms with Crippen molar-refractivity contribution < 1.29 is 18.6 Å². The summed E-state index contributed by atoms with van der Waals surface area (Å²) in [6.45, 7) is 1.96. The average Bonchev–Trinajstić information content (AvgIpc) is 3.45. The van der Waals surface area contributed by atoms with Gasteiger partial charge in [-0.25, -0.2) is 4.39 Å². The van der Waals surface area contributed by atoms with Gasteiger partial charge < -0.3 is 23.7 Å². The maximum Gasteiger partial charge on any atom is 0.232 e. The molecule has 0 N–H and O–H groups in total. The van der Waals surface area contributed by atoms with E-state index >= 15 is 0 Å². The van der Waals surface area contributed by atoms with Gasteiger partial charge in [-0.3, -0.25) is 4.57 Å². The van der Waals surface area contributed by atoms with Gasteiger partial charge in [0.25, 0.3) is 0 Å². The molecule has 2 aliphatic heterocycles. The Bertz CT molecular complexity index is 1330. The summed E-state index contributed by atoms with van der Waals surface area (Å²) in [6.07, 6.45) is 1.87. The third kappa shape index (κ3) is 3.00. The van der Waals surface area contributed by atoms with Crippen LogP contribution in [0.15, 0.2) is 42.6 Å². The Morgan fingerprint density at radius 3 is 2.81 bits per heavy atom. The molecule has 6 rings (SSSR count). The van der Waals surface area contributed by atoms with E-state index in [4.69, 9.17) is 25.8 Å². The molecule has 0 radical (unpaired) electrons. The second kappa shape index (κ2) is 7.39. The van der Waals surface area contributed by atoms with Gasteiger partial charge in [0.15, 0.2) is 17.3 Å². The fourth-order valence-corrected chi connectivity index (χ4v) is 4.56. The van der Waals surface area contributed by atoms with Crippen LogP contribution in [-0.2, 0) is 11.3 Å². The van der Waals surface area contributed by atoms with Gasteiger partial charge in [0.2, 0.25) is 12.7 Å². The molecule has 0 spiro atoms. The SMILES string of the molecule is COCc1nnc(N2CC(n3cc(Cl)c4cc(F)ccc43)C2)n1-c1ccc2c(c1)OCO2. The van der Waals surface area contributed by atoms with Gasteiger partial charge in [0, 0.05) is 37.8 Å². The Morgan fingerprint density at radius 2 is 1.97 bits per heavy atom. The summed E-state index contributed by atoms with van der Waals surface area (Å²) in [5.41, 5.74) is 1.79. The van der Waals surface area contributed by atoms with E-state index in [1.165, 1.54) is 12.1 Å². The van der Waals surface area contributed by atoms with Gasteiger partial charge >= 0.3 is 0 Å². The molecule has 4 heterocycles. The predicted molar refractivity (Wildman–Crippen MR) is 116 cm³/mol. The maximum absolute atomic E-state index is 13.6. The van der Waals surface area contributed by atoms with E-state index < -0.39 is 0 Å². The number of fused-ring (bicyclic) bond motifs is 2. The van der Waals surface area contributed by atoms with E-state index in [1.54, 1.807) is 13.2 Å². The van der Waals surface area contributed by atoms with Gasteiger partial charge in [-0.15, -0.1) is 10.2 Å². The summed E-state index contributed by atoms with van der Waals surface area (Å²) in [7, 11) is 1.63. The first kappa shape index (κ1) is 19.4. The monoisotopic (exact) mass is 455 g/mol. The number of hydrogen-bond donors (Lipinski definition) is 0. The Kier molecular flexibility index (Phi) is 4.48. The van der Waals surface area contributed by atoms with Crippen molar-refractivity contribution in [2.45, 2.75) is 12.6 Å². The van der Waals surface area contributed by atoms with Crippen LogP contribution in [-0.4, -0.2) is 46.3 Å². The number of hydrogen-bond acceptors (Lipinski definition) is 6. The molecule has 0 saturated carbocycles. The Morgan fingerprint density at radius 1 is 1.12 bits per heavy atom. The lowest BCUT2D eigenvalue weighted by Gasteiger charge is -2.40. The van der Waals surface area contributed by atoms with Crippen LogP contribution >= 0.6 is 11.6 Å². The van der Waals surface area contributed by atoms with E-state index in [0.29, 0.717) is 42.0 Å². The number of aromatic nitrogens is 4. The van der Waals surface area contributed by atoms with Gasteiger partial charge in [0.1, 0.15) is 12.4 Å². The van der Waals surface area contributed by atoms with Crippen LogP contribution in [0.1, 0.15) is 11.9 Å². The molecule has 1 saturated heterocycles. The van der Waals surface area contributed by atoms with Crippen LogP contribution in [0.2, 0.25) is 5.02 Å². The first-order valence-electron chi connectivity index (χ1n) is 10.2. The lowest BCUT2D eigenvalue weighted by Crippen LogP contribution is -2.48. The van der Waals surface area contributed by atoms with Crippen molar-refractivity contribution in [2.75, 3.05) is 31.9 Å². The highest BCUT2D eigenvalue weighted by atomic mass is 35.5. The summed E-state index contributed by atoms with van der Waals surface area (Å²) in [5, 5.41) is 10.0. The molecular formula is C22H19ClFN5O3. The maximum atomic E-state index is 13.6. The Labute approximate surface area is 187 Å². The zero-order valence-corrected chi connectivity index (χ0v) is 17.9. The predicted octanol–water partition coefficient (Wildman–Crippen LogP) is 3.95. The molecule has 164 valence electrons. The van der Waals surface area contributed by atoms with Crippen molar-refractivity contribution in [2.24, 2.45) is 0 Å². The van der Waals surface area contributed by atoms with Crippen molar-refractivity contribution in [3.8, 4) is 17.2 Å². The molecule has 0 atom stereocenters. The number of rotatable bonds is 5. The molecular weight excluding hydrogens is 437 g/mol. The molecule has 10 heteroatoms. The van der Waals surface area contributed by atoms with Crippen molar-refractivity contribution in [1.29, 1.82) is 0 Å². The number of anilines is 1. The zero-order valence-electron chi connectivity index (χ0n) is 17.2. The minimum absolute atomic E-state index is 0.184. The van der Waals surface area contributed by atoms with E-state index in [0.717, 1.165) is 22.5 Å². The number of methoxy groups -OCH3 is 1. The summed E-state index contributed by atoms with van der Waals surface area (Å²) in [6, 6.07) is 10.6. The summed E-state index contributed by atoms with van der Waals surface area (Å²) < 4.78 is 34.0. The van der Waals surface area contributed by atoms with Gasteiger partial charge in [-0.1, -0.05) is 11.6 Å². The lowest BCUT2D eigenvalue weighted by atomic mass is 10.1. The van der Waals surface area contributed by atoms with Crippen molar-refractivity contribution in [3.05, 3.63) is 59.3 Å². The van der Waals surface area contributed by atoms with Crippen LogP contribution in [0.3, 0.4) is 0 Å². The van der Waals surface area contributed by atoms with Gasteiger partial charge in [0.05, 0.1) is 22.3 Å². The highest BCUT2D eigenvalue weighted by Crippen LogP contribution is 2.37. The number of benzene rings is 2. The Balaban J connectivity index is 1.32. The van der Waals surface area contributed by atoms with E-state index in [2.05, 4.69) is 19.7 Å².